The van der Waals surface area contributed by atoms with Gasteiger partial charge < -0.3 is 5.43 Å². The summed E-state index contributed by atoms with van der Waals surface area (Å²) in [6.07, 6.45) is 4.38. The van der Waals surface area contributed by atoms with Crippen LogP contribution in [-0.2, 0) is 10.0 Å². The van der Waals surface area contributed by atoms with Crippen LogP contribution in [0.25, 0.3) is 0 Å². The molecule has 0 saturated heterocycles. The number of rotatable bonds is 4. The zero-order chi connectivity index (χ0) is 14.1. The fraction of sp³-hybridized carbons (Fsp3) is 0.583. The van der Waals surface area contributed by atoms with Gasteiger partial charge in [0.25, 0.3) is 0 Å². The van der Waals surface area contributed by atoms with Crippen LogP contribution >= 0.6 is 0 Å². The Morgan fingerprint density at radius 3 is 2.79 bits per heavy atom. The minimum atomic E-state index is -3.53. The van der Waals surface area contributed by atoms with Crippen molar-refractivity contribution >= 4 is 15.8 Å². The molecule has 19 heavy (non-hydrogen) atoms. The number of sulfonamides is 1. The van der Waals surface area contributed by atoms with Crippen LogP contribution in [0.2, 0.25) is 0 Å². The van der Waals surface area contributed by atoms with Crippen LogP contribution in [0.5, 0.6) is 0 Å². The molecule has 0 spiro atoms. The first-order valence-corrected chi connectivity index (χ1v) is 7.78. The minimum absolute atomic E-state index is 0.00491. The first-order valence-electron chi connectivity index (χ1n) is 6.30. The lowest BCUT2D eigenvalue weighted by Gasteiger charge is -2.27. The number of hydrogen-bond donors (Lipinski definition) is 3. The number of nitrogens with two attached hydrogens (primary N) is 1. The topological polar surface area (TPSA) is 97.1 Å². The molecule has 0 aliphatic heterocycles. The highest BCUT2D eigenvalue weighted by atomic mass is 32.2. The summed E-state index contributed by atoms with van der Waals surface area (Å²) in [6.45, 7) is 4.18. The van der Waals surface area contributed by atoms with Crippen molar-refractivity contribution in [3.05, 3.63) is 18.3 Å². The fourth-order valence-electron chi connectivity index (χ4n) is 2.46. The van der Waals surface area contributed by atoms with E-state index >= 15 is 0 Å². The Morgan fingerprint density at radius 2 is 2.21 bits per heavy atom. The lowest BCUT2D eigenvalue weighted by Crippen LogP contribution is -2.41. The third kappa shape index (κ3) is 3.05. The van der Waals surface area contributed by atoms with Gasteiger partial charge in [-0.2, -0.15) is 0 Å². The number of nitrogens with zero attached hydrogens (tertiary/aromatic N) is 1. The van der Waals surface area contributed by atoms with E-state index in [4.69, 9.17) is 5.84 Å². The molecule has 7 heteroatoms. The van der Waals surface area contributed by atoms with E-state index in [9.17, 15) is 8.42 Å². The van der Waals surface area contributed by atoms with Crippen LogP contribution in [0, 0.1) is 5.41 Å². The van der Waals surface area contributed by atoms with Crippen molar-refractivity contribution in [3.8, 4) is 0 Å². The van der Waals surface area contributed by atoms with Crippen molar-refractivity contribution in [2.45, 2.75) is 44.0 Å². The summed E-state index contributed by atoms with van der Waals surface area (Å²) in [5.41, 5.74) is 2.34. The van der Waals surface area contributed by atoms with Crippen molar-refractivity contribution < 1.29 is 8.42 Å². The number of anilines is 1. The molecule has 0 aromatic carbocycles. The van der Waals surface area contributed by atoms with Gasteiger partial charge in [-0.3, -0.25) is 0 Å². The van der Waals surface area contributed by atoms with E-state index in [2.05, 4.69) is 29.0 Å². The summed E-state index contributed by atoms with van der Waals surface area (Å²) in [6, 6.07) is 2.86. The number of hydrogen-bond acceptors (Lipinski definition) is 5. The van der Waals surface area contributed by atoms with Gasteiger partial charge in [-0.05, 0) is 24.3 Å². The summed E-state index contributed by atoms with van der Waals surface area (Å²) in [7, 11) is -3.53. The molecule has 6 nitrogen and oxygen atoms in total. The fourth-order valence-corrected chi connectivity index (χ4v) is 3.91. The second kappa shape index (κ2) is 5.07. The largest absolute Gasteiger partial charge is 0.308 e. The number of pyridine rings is 1. The van der Waals surface area contributed by atoms with Gasteiger partial charge in [-0.15, -0.1) is 0 Å². The molecule has 0 amide bonds. The first-order chi connectivity index (χ1) is 8.85. The Kier molecular flexibility index (Phi) is 3.80. The molecule has 1 heterocycles. The zero-order valence-electron chi connectivity index (χ0n) is 11.2. The van der Waals surface area contributed by atoms with Gasteiger partial charge in [0.1, 0.15) is 5.82 Å². The van der Waals surface area contributed by atoms with E-state index in [-0.39, 0.29) is 16.4 Å². The Bertz CT molecular complexity index is 557. The SMILES string of the molecule is CC1(C)CCCC1NS(=O)(=O)c1ccnc(NN)c1. The second-order valence-electron chi connectivity index (χ2n) is 5.58. The zero-order valence-corrected chi connectivity index (χ0v) is 12.0. The van der Waals surface area contributed by atoms with E-state index in [1.807, 2.05) is 0 Å². The first kappa shape index (κ1) is 14.2. The minimum Gasteiger partial charge on any atom is -0.308 e. The average molecular weight is 284 g/mol. The molecule has 106 valence electrons. The van der Waals surface area contributed by atoms with E-state index in [1.54, 1.807) is 0 Å². The molecule has 1 aliphatic carbocycles. The lowest BCUT2D eigenvalue weighted by molar-refractivity contribution is 0.313. The van der Waals surface area contributed by atoms with Gasteiger partial charge >= 0.3 is 0 Å². The summed E-state index contributed by atoms with van der Waals surface area (Å²) in [4.78, 5) is 4.08. The molecule has 1 aromatic heterocycles. The molecular formula is C12H20N4O2S. The summed E-state index contributed by atoms with van der Waals surface area (Å²) >= 11 is 0. The summed E-state index contributed by atoms with van der Waals surface area (Å²) in [5.74, 6) is 5.57. The normalized spacial score (nSPS) is 22.4. The summed E-state index contributed by atoms with van der Waals surface area (Å²) < 4.78 is 27.5. The van der Waals surface area contributed by atoms with Gasteiger partial charge in [0, 0.05) is 18.3 Å². The predicted octanol–water partition coefficient (Wildman–Crippen LogP) is 1.22. The van der Waals surface area contributed by atoms with Gasteiger partial charge in [-0.1, -0.05) is 20.3 Å². The van der Waals surface area contributed by atoms with Gasteiger partial charge in [0.15, 0.2) is 0 Å². The highest BCUT2D eigenvalue weighted by Gasteiger charge is 2.37. The maximum Gasteiger partial charge on any atom is 0.241 e. The highest BCUT2D eigenvalue weighted by molar-refractivity contribution is 7.89. The second-order valence-corrected chi connectivity index (χ2v) is 7.29. The van der Waals surface area contributed by atoms with Crippen LogP contribution in [0.1, 0.15) is 33.1 Å². The Balaban J connectivity index is 2.23. The molecule has 1 saturated carbocycles. The maximum atomic E-state index is 12.3. The molecular weight excluding hydrogens is 264 g/mol. The quantitative estimate of drug-likeness (QED) is 0.570. The van der Waals surface area contributed by atoms with Crippen LogP contribution < -0.4 is 16.0 Å². The number of nitrogens with one attached hydrogen (secondary N) is 2. The molecule has 1 aliphatic rings. The van der Waals surface area contributed by atoms with E-state index in [0.717, 1.165) is 19.3 Å². The maximum absolute atomic E-state index is 12.3. The molecule has 1 atom stereocenters. The number of nitrogen functional groups attached to an aromatic ring is 1. The van der Waals surface area contributed by atoms with Gasteiger partial charge in [0.05, 0.1) is 4.90 Å². The van der Waals surface area contributed by atoms with Crippen LogP contribution in [0.3, 0.4) is 0 Å². The van der Waals surface area contributed by atoms with Crippen molar-refractivity contribution in [2.24, 2.45) is 11.3 Å². The Labute approximate surface area is 113 Å². The van der Waals surface area contributed by atoms with Crippen molar-refractivity contribution in [3.63, 3.8) is 0 Å². The van der Waals surface area contributed by atoms with Crippen molar-refractivity contribution in [2.75, 3.05) is 5.43 Å². The molecule has 4 N–H and O–H groups in total. The Hall–Kier alpha value is -1.18. The van der Waals surface area contributed by atoms with Gasteiger partial charge in [-0.25, -0.2) is 24.0 Å². The predicted molar refractivity (Wildman–Crippen MR) is 73.8 cm³/mol. The van der Waals surface area contributed by atoms with Crippen molar-refractivity contribution in [1.82, 2.24) is 9.71 Å². The standard InChI is InChI=1S/C12H20N4O2S/c1-12(2)6-3-4-10(12)16-19(17,18)9-5-7-14-11(8-9)15-13/h5,7-8,10,16H,3-4,6,13H2,1-2H3,(H,14,15). The third-order valence-electron chi connectivity index (χ3n) is 3.74. The third-order valence-corrected chi connectivity index (χ3v) is 5.21. The van der Waals surface area contributed by atoms with Crippen LogP contribution in [0.15, 0.2) is 23.2 Å². The van der Waals surface area contributed by atoms with E-state index in [0.29, 0.717) is 5.82 Å². The van der Waals surface area contributed by atoms with Gasteiger partial charge in [0.2, 0.25) is 10.0 Å². The highest BCUT2D eigenvalue weighted by Crippen LogP contribution is 2.37. The summed E-state index contributed by atoms with van der Waals surface area (Å²) in [5, 5.41) is 0. The van der Waals surface area contributed by atoms with Crippen LogP contribution in [-0.4, -0.2) is 19.4 Å². The van der Waals surface area contributed by atoms with Crippen molar-refractivity contribution in [1.29, 1.82) is 0 Å². The lowest BCUT2D eigenvalue weighted by atomic mass is 9.88. The molecule has 0 bridgehead atoms. The molecule has 1 aromatic rings. The average Bonchev–Trinajstić information content (AvgIpc) is 2.68. The molecule has 2 rings (SSSR count). The van der Waals surface area contributed by atoms with E-state index in [1.165, 1.54) is 18.3 Å². The number of hydrazine groups is 1. The molecule has 1 fully saturated rings. The Morgan fingerprint density at radius 1 is 1.47 bits per heavy atom. The number of aromatic nitrogens is 1. The smallest absolute Gasteiger partial charge is 0.241 e. The van der Waals surface area contributed by atoms with E-state index < -0.39 is 10.0 Å². The monoisotopic (exact) mass is 284 g/mol. The molecule has 0 radical (unpaired) electrons. The molecule has 1 unspecified atom stereocenters. The van der Waals surface area contributed by atoms with Crippen LogP contribution in [0.4, 0.5) is 5.82 Å².